The van der Waals surface area contributed by atoms with Gasteiger partial charge in [-0.05, 0) is 42.5 Å². The summed E-state index contributed by atoms with van der Waals surface area (Å²) < 4.78 is 11.1. The molecular formula is C22H17N3O4. The Morgan fingerprint density at radius 2 is 1.55 bits per heavy atom. The first-order chi connectivity index (χ1) is 14.2. The quantitative estimate of drug-likeness (QED) is 0.540. The summed E-state index contributed by atoms with van der Waals surface area (Å²) in [6.45, 7) is 0. The molecular weight excluding hydrogens is 370 g/mol. The summed E-state index contributed by atoms with van der Waals surface area (Å²) >= 11 is 0. The summed E-state index contributed by atoms with van der Waals surface area (Å²) in [6.07, 6.45) is 0. The van der Waals surface area contributed by atoms with Crippen molar-refractivity contribution in [1.82, 2.24) is 10.2 Å². The van der Waals surface area contributed by atoms with Crippen molar-refractivity contribution in [3.8, 4) is 17.2 Å². The minimum atomic E-state index is -0.421. The maximum Gasteiger partial charge on any atom is 0.276 e. The second-order valence-electron chi connectivity index (χ2n) is 6.18. The molecule has 2 N–H and O–H groups in total. The van der Waals surface area contributed by atoms with Crippen molar-refractivity contribution in [2.24, 2.45) is 0 Å². The highest BCUT2D eigenvalue weighted by atomic mass is 16.5. The van der Waals surface area contributed by atoms with Crippen molar-refractivity contribution < 1.29 is 14.3 Å². The Bertz CT molecular complexity index is 1230. The van der Waals surface area contributed by atoms with Crippen molar-refractivity contribution in [2.45, 2.75) is 0 Å². The third-order valence-corrected chi connectivity index (χ3v) is 4.32. The van der Waals surface area contributed by atoms with Crippen LogP contribution in [0.1, 0.15) is 10.5 Å². The van der Waals surface area contributed by atoms with E-state index in [0.29, 0.717) is 33.7 Å². The zero-order valence-corrected chi connectivity index (χ0v) is 15.5. The van der Waals surface area contributed by atoms with E-state index in [1.807, 2.05) is 24.3 Å². The number of H-pyrrole nitrogens is 1. The summed E-state index contributed by atoms with van der Waals surface area (Å²) in [5.74, 6) is 1.40. The standard InChI is InChI=1S/C22H17N3O4/c1-28-18-8-4-5-9-19(18)29-15-12-10-14(11-13-15)23-22(27)20-16-6-2-3-7-17(16)21(26)25-24-20/h2-13H,1H3,(H,23,27)(H,25,26). The maximum atomic E-state index is 12.7. The molecule has 29 heavy (non-hydrogen) atoms. The minimum absolute atomic E-state index is 0.148. The van der Waals surface area contributed by atoms with Gasteiger partial charge < -0.3 is 14.8 Å². The number of carbonyl (C=O) groups excluding carboxylic acids is 1. The molecule has 144 valence electrons. The number of amides is 1. The second-order valence-corrected chi connectivity index (χ2v) is 6.18. The Labute approximate surface area is 165 Å². The van der Waals surface area contributed by atoms with Crippen LogP contribution in [0.3, 0.4) is 0 Å². The van der Waals surface area contributed by atoms with Gasteiger partial charge >= 0.3 is 0 Å². The van der Waals surface area contributed by atoms with Gasteiger partial charge in [-0.15, -0.1) is 0 Å². The van der Waals surface area contributed by atoms with Crippen LogP contribution in [0.5, 0.6) is 17.2 Å². The van der Waals surface area contributed by atoms with E-state index in [2.05, 4.69) is 15.5 Å². The molecule has 0 radical (unpaired) electrons. The Kier molecular flexibility index (Phi) is 4.94. The first-order valence-corrected chi connectivity index (χ1v) is 8.85. The molecule has 1 heterocycles. The van der Waals surface area contributed by atoms with Gasteiger partial charge in [0.25, 0.3) is 11.5 Å². The van der Waals surface area contributed by atoms with Crippen LogP contribution in [-0.4, -0.2) is 23.2 Å². The van der Waals surface area contributed by atoms with E-state index in [4.69, 9.17) is 9.47 Å². The molecule has 0 aliphatic rings. The molecule has 0 saturated heterocycles. The van der Waals surface area contributed by atoms with Crippen molar-refractivity contribution in [3.63, 3.8) is 0 Å². The number of carbonyl (C=O) groups is 1. The molecule has 0 saturated carbocycles. The molecule has 0 unspecified atom stereocenters. The Balaban J connectivity index is 1.53. The Hall–Kier alpha value is -4.13. The van der Waals surface area contributed by atoms with Crippen LogP contribution in [-0.2, 0) is 0 Å². The lowest BCUT2D eigenvalue weighted by atomic mass is 10.1. The third kappa shape index (κ3) is 3.79. The smallest absolute Gasteiger partial charge is 0.276 e. The molecule has 7 heteroatoms. The SMILES string of the molecule is COc1ccccc1Oc1ccc(NC(=O)c2n[nH]c(=O)c3ccccc23)cc1. The summed E-state index contributed by atoms with van der Waals surface area (Å²) in [4.78, 5) is 24.5. The normalized spacial score (nSPS) is 10.5. The van der Waals surface area contributed by atoms with Crippen LogP contribution in [0.15, 0.2) is 77.6 Å². The van der Waals surface area contributed by atoms with E-state index in [-0.39, 0.29) is 11.3 Å². The fourth-order valence-electron chi connectivity index (χ4n) is 2.91. The second kappa shape index (κ2) is 7.85. The minimum Gasteiger partial charge on any atom is -0.493 e. The highest BCUT2D eigenvalue weighted by Crippen LogP contribution is 2.31. The van der Waals surface area contributed by atoms with Gasteiger partial charge in [0, 0.05) is 11.1 Å². The van der Waals surface area contributed by atoms with Crippen molar-refractivity contribution >= 4 is 22.4 Å². The van der Waals surface area contributed by atoms with Crippen LogP contribution in [0.2, 0.25) is 0 Å². The third-order valence-electron chi connectivity index (χ3n) is 4.32. The zero-order chi connectivity index (χ0) is 20.2. The number of fused-ring (bicyclic) bond motifs is 1. The number of hydrogen-bond acceptors (Lipinski definition) is 5. The largest absolute Gasteiger partial charge is 0.493 e. The fourth-order valence-corrected chi connectivity index (χ4v) is 2.91. The first-order valence-electron chi connectivity index (χ1n) is 8.85. The molecule has 0 bridgehead atoms. The molecule has 0 aliphatic carbocycles. The van der Waals surface area contributed by atoms with E-state index in [1.165, 1.54) is 0 Å². The molecule has 4 rings (SSSR count). The van der Waals surface area contributed by atoms with Crippen molar-refractivity contribution in [3.05, 3.63) is 88.8 Å². The van der Waals surface area contributed by atoms with Gasteiger partial charge in [-0.1, -0.05) is 30.3 Å². The average Bonchev–Trinajstić information content (AvgIpc) is 2.76. The number of anilines is 1. The molecule has 0 fully saturated rings. The predicted octanol–water partition coefficient (Wildman–Crippen LogP) is 3.98. The fraction of sp³-hybridized carbons (Fsp3) is 0.0455. The molecule has 0 atom stereocenters. The van der Waals surface area contributed by atoms with Gasteiger partial charge in [-0.3, -0.25) is 9.59 Å². The molecule has 0 aliphatic heterocycles. The van der Waals surface area contributed by atoms with Crippen LogP contribution >= 0.6 is 0 Å². The van der Waals surface area contributed by atoms with Gasteiger partial charge in [0.2, 0.25) is 0 Å². The summed E-state index contributed by atoms with van der Waals surface area (Å²) in [6, 6.07) is 21.1. The Morgan fingerprint density at radius 1 is 0.897 bits per heavy atom. The topological polar surface area (TPSA) is 93.3 Å². The number of nitrogens with one attached hydrogen (secondary N) is 2. The molecule has 1 aromatic heterocycles. The number of ether oxygens (including phenoxy) is 2. The predicted molar refractivity (Wildman–Crippen MR) is 110 cm³/mol. The molecule has 3 aromatic carbocycles. The number of benzene rings is 3. The van der Waals surface area contributed by atoms with E-state index >= 15 is 0 Å². The maximum absolute atomic E-state index is 12.7. The van der Waals surface area contributed by atoms with Gasteiger partial charge in [0.05, 0.1) is 12.5 Å². The van der Waals surface area contributed by atoms with Gasteiger partial charge in [-0.25, -0.2) is 5.10 Å². The average molecular weight is 387 g/mol. The van der Waals surface area contributed by atoms with Crippen molar-refractivity contribution in [1.29, 1.82) is 0 Å². The lowest BCUT2D eigenvalue weighted by molar-refractivity contribution is 0.102. The van der Waals surface area contributed by atoms with Gasteiger partial charge in [0.15, 0.2) is 17.2 Å². The van der Waals surface area contributed by atoms with Gasteiger partial charge in [0.1, 0.15) is 5.75 Å². The summed E-state index contributed by atoms with van der Waals surface area (Å²) in [5.41, 5.74) is 0.379. The van der Waals surface area contributed by atoms with E-state index in [0.717, 1.165) is 0 Å². The summed E-state index contributed by atoms with van der Waals surface area (Å²) in [5, 5.41) is 9.95. The van der Waals surface area contributed by atoms with Gasteiger partial charge in [-0.2, -0.15) is 5.10 Å². The van der Waals surface area contributed by atoms with Crippen LogP contribution < -0.4 is 20.3 Å². The number of para-hydroxylation sites is 2. The number of aromatic amines is 1. The number of rotatable bonds is 5. The number of aromatic nitrogens is 2. The summed E-state index contributed by atoms with van der Waals surface area (Å²) in [7, 11) is 1.58. The molecule has 4 aromatic rings. The van der Waals surface area contributed by atoms with Crippen LogP contribution in [0.25, 0.3) is 10.8 Å². The zero-order valence-electron chi connectivity index (χ0n) is 15.5. The van der Waals surface area contributed by atoms with Crippen molar-refractivity contribution in [2.75, 3.05) is 12.4 Å². The first kappa shape index (κ1) is 18.2. The lowest BCUT2D eigenvalue weighted by Crippen LogP contribution is -2.19. The highest BCUT2D eigenvalue weighted by molar-refractivity contribution is 6.11. The van der Waals surface area contributed by atoms with E-state index in [1.54, 1.807) is 55.6 Å². The lowest BCUT2D eigenvalue weighted by Gasteiger charge is -2.11. The molecule has 7 nitrogen and oxygen atoms in total. The molecule has 0 spiro atoms. The number of methoxy groups -OCH3 is 1. The number of nitrogens with zero attached hydrogens (tertiary/aromatic N) is 1. The molecule has 1 amide bonds. The highest BCUT2D eigenvalue weighted by Gasteiger charge is 2.14. The van der Waals surface area contributed by atoms with E-state index < -0.39 is 5.91 Å². The van der Waals surface area contributed by atoms with E-state index in [9.17, 15) is 9.59 Å². The van der Waals surface area contributed by atoms with Crippen LogP contribution in [0.4, 0.5) is 5.69 Å². The number of hydrogen-bond donors (Lipinski definition) is 2. The monoisotopic (exact) mass is 387 g/mol. The van der Waals surface area contributed by atoms with Crippen LogP contribution in [0, 0.1) is 0 Å². The Morgan fingerprint density at radius 3 is 2.28 bits per heavy atom.